The van der Waals surface area contributed by atoms with Crippen LogP contribution in [0.1, 0.15) is 39.8 Å². The number of aryl methyl sites for hydroxylation is 1. The molecule has 11 heteroatoms. The van der Waals surface area contributed by atoms with E-state index in [0.717, 1.165) is 19.1 Å². The fourth-order valence-corrected chi connectivity index (χ4v) is 5.12. The van der Waals surface area contributed by atoms with E-state index in [-0.39, 0.29) is 16.7 Å². The summed E-state index contributed by atoms with van der Waals surface area (Å²) in [5.74, 6) is 0.108. The lowest BCUT2D eigenvalue weighted by molar-refractivity contribution is 0.0708. The highest BCUT2D eigenvalue weighted by Gasteiger charge is 2.32. The van der Waals surface area contributed by atoms with E-state index in [1.54, 1.807) is 10.4 Å². The number of fused-ring (bicyclic) bond motifs is 1. The normalized spacial score (nSPS) is 18.1. The van der Waals surface area contributed by atoms with E-state index in [1.165, 1.54) is 28.4 Å². The Morgan fingerprint density at radius 1 is 1.30 bits per heavy atom. The molecule has 1 fully saturated rings. The Morgan fingerprint density at radius 3 is 2.81 bits per heavy atom. The van der Waals surface area contributed by atoms with Crippen LogP contribution in [0.25, 0.3) is 5.78 Å². The molecule has 0 saturated carbocycles. The van der Waals surface area contributed by atoms with Crippen LogP contribution >= 0.6 is 11.3 Å². The number of nitrogens with zero attached hydrogens (tertiary/aromatic N) is 6. The predicted molar refractivity (Wildman–Crippen MR) is 98.6 cm³/mol. The van der Waals surface area contributed by atoms with Crippen LogP contribution in [-0.4, -0.2) is 63.1 Å². The second-order valence-corrected chi connectivity index (χ2v) is 9.45. The van der Waals surface area contributed by atoms with Crippen molar-refractivity contribution in [1.29, 1.82) is 0 Å². The molecule has 1 aliphatic heterocycles. The molecule has 1 aliphatic rings. The Kier molecular flexibility index (Phi) is 4.42. The van der Waals surface area contributed by atoms with E-state index in [2.05, 4.69) is 20.1 Å². The highest BCUT2D eigenvalue weighted by Crippen LogP contribution is 2.32. The number of thiazole rings is 1. The molecule has 3 aromatic heterocycles. The van der Waals surface area contributed by atoms with Crippen molar-refractivity contribution in [3.63, 3.8) is 0 Å². The molecule has 1 saturated heterocycles. The van der Waals surface area contributed by atoms with Gasteiger partial charge in [0.1, 0.15) is 16.1 Å². The van der Waals surface area contributed by atoms with Gasteiger partial charge in [-0.25, -0.2) is 18.4 Å². The molecule has 4 heterocycles. The molecule has 1 unspecified atom stereocenters. The molecule has 0 aromatic carbocycles. The van der Waals surface area contributed by atoms with Crippen LogP contribution in [0.2, 0.25) is 0 Å². The van der Waals surface area contributed by atoms with Crippen molar-refractivity contribution in [1.82, 2.24) is 29.5 Å². The summed E-state index contributed by atoms with van der Waals surface area (Å²) in [6.07, 6.45) is 5.37. The van der Waals surface area contributed by atoms with Gasteiger partial charge in [-0.2, -0.15) is 14.6 Å². The maximum Gasteiger partial charge on any atom is 0.265 e. The van der Waals surface area contributed by atoms with Crippen molar-refractivity contribution in [2.45, 2.75) is 30.6 Å². The van der Waals surface area contributed by atoms with Crippen molar-refractivity contribution in [3.05, 3.63) is 34.3 Å². The van der Waals surface area contributed by atoms with Crippen molar-refractivity contribution in [2.24, 2.45) is 0 Å². The SMILES string of the molecule is Cc1ncsc1C(=O)N1CCCC(c2c(S(C)(=O)=O)cnc3ncnn23)C1. The summed E-state index contributed by atoms with van der Waals surface area (Å²) in [7, 11) is -3.50. The lowest BCUT2D eigenvalue weighted by atomic mass is 9.94. The molecule has 0 aliphatic carbocycles. The third-order valence-electron chi connectivity index (χ3n) is 4.74. The van der Waals surface area contributed by atoms with Gasteiger partial charge in [0.2, 0.25) is 0 Å². The monoisotopic (exact) mass is 406 g/mol. The molecule has 0 radical (unpaired) electrons. The number of carbonyl (C=O) groups excluding carboxylic acids is 1. The Bertz CT molecular complexity index is 1120. The van der Waals surface area contributed by atoms with Gasteiger partial charge in [0.05, 0.1) is 23.1 Å². The van der Waals surface area contributed by atoms with Gasteiger partial charge in [0, 0.05) is 25.3 Å². The Labute approximate surface area is 160 Å². The lowest BCUT2D eigenvalue weighted by Gasteiger charge is -2.33. The maximum atomic E-state index is 12.9. The first-order chi connectivity index (χ1) is 12.9. The Hall–Kier alpha value is -2.40. The van der Waals surface area contributed by atoms with E-state index in [0.29, 0.717) is 35.1 Å². The molecule has 142 valence electrons. The smallest absolute Gasteiger partial charge is 0.265 e. The Balaban J connectivity index is 1.74. The molecule has 27 heavy (non-hydrogen) atoms. The third kappa shape index (κ3) is 3.21. The molecule has 4 rings (SSSR count). The van der Waals surface area contributed by atoms with Crippen molar-refractivity contribution in [2.75, 3.05) is 19.3 Å². The molecule has 0 bridgehead atoms. The van der Waals surface area contributed by atoms with Gasteiger partial charge in [0.15, 0.2) is 9.84 Å². The summed E-state index contributed by atoms with van der Waals surface area (Å²) in [4.78, 5) is 27.7. The highest BCUT2D eigenvalue weighted by atomic mass is 32.2. The molecule has 1 amide bonds. The van der Waals surface area contributed by atoms with Crippen molar-refractivity contribution < 1.29 is 13.2 Å². The molecule has 0 N–H and O–H groups in total. The van der Waals surface area contributed by atoms with Crippen LogP contribution in [0.3, 0.4) is 0 Å². The average Bonchev–Trinajstić information content (AvgIpc) is 3.28. The zero-order chi connectivity index (χ0) is 19.2. The van der Waals surface area contributed by atoms with Crippen LogP contribution in [-0.2, 0) is 9.84 Å². The molecule has 0 spiro atoms. The largest absolute Gasteiger partial charge is 0.337 e. The minimum atomic E-state index is -3.50. The van der Waals surface area contributed by atoms with Gasteiger partial charge in [-0.1, -0.05) is 0 Å². The van der Waals surface area contributed by atoms with Crippen LogP contribution in [0.15, 0.2) is 22.9 Å². The molecule has 1 atom stereocenters. The summed E-state index contributed by atoms with van der Waals surface area (Å²) in [5.41, 5.74) is 2.91. The van der Waals surface area contributed by atoms with Crippen LogP contribution in [0.4, 0.5) is 0 Å². The number of hydrogen-bond acceptors (Lipinski definition) is 8. The summed E-state index contributed by atoms with van der Waals surface area (Å²) in [5, 5.41) is 4.17. The molecule has 9 nitrogen and oxygen atoms in total. The number of amides is 1. The third-order valence-corrected chi connectivity index (χ3v) is 6.77. The van der Waals surface area contributed by atoms with Gasteiger partial charge in [-0.05, 0) is 19.8 Å². The molecular weight excluding hydrogens is 388 g/mol. The van der Waals surface area contributed by atoms with E-state index in [9.17, 15) is 13.2 Å². The standard InChI is InChI=1S/C16H18N6O3S2/c1-10-14(26-9-19-10)15(23)21-5-3-4-11(7-21)13-12(27(2,24)25)6-17-16-18-8-20-22(13)16/h6,8-9,11H,3-5,7H2,1-2H3. The van der Waals surface area contributed by atoms with E-state index in [4.69, 9.17) is 0 Å². The lowest BCUT2D eigenvalue weighted by Crippen LogP contribution is -2.40. The number of rotatable bonds is 3. The highest BCUT2D eigenvalue weighted by molar-refractivity contribution is 7.90. The molecular formula is C16H18N6O3S2. The summed E-state index contributed by atoms with van der Waals surface area (Å²) in [6, 6.07) is 0. The fourth-order valence-electron chi connectivity index (χ4n) is 3.48. The van der Waals surface area contributed by atoms with Gasteiger partial charge in [-0.15, -0.1) is 11.3 Å². The zero-order valence-electron chi connectivity index (χ0n) is 14.9. The first kappa shape index (κ1) is 18.0. The van der Waals surface area contributed by atoms with E-state index in [1.807, 2.05) is 6.92 Å². The fraction of sp³-hybridized carbons (Fsp3) is 0.438. The zero-order valence-corrected chi connectivity index (χ0v) is 16.5. The van der Waals surface area contributed by atoms with Crippen LogP contribution < -0.4 is 0 Å². The number of aromatic nitrogens is 5. The van der Waals surface area contributed by atoms with Crippen molar-refractivity contribution in [3.8, 4) is 0 Å². The average molecular weight is 406 g/mol. The minimum absolute atomic E-state index is 0.0653. The van der Waals surface area contributed by atoms with Crippen molar-refractivity contribution >= 4 is 32.9 Å². The quantitative estimate of drug-likeness (QED) is 0.645. The Morgan fingerprint density at radius 2 is 2.11 bits per heavy atom. The van der Waals surface area contributed by atoms with Gasteiger partial charge >= 0.3 is 0 Å². The minimum Gasteiger partial charge on any atom is -0.337 e. The first-order valence-corrected chi connectivity index (χ1v) is 11.2. The van der Waals surface area contributed by atoms with Gasteiger partial charge < -0.3 is 4.90 Å². The van der Waals surface area contributed by atoms with E-state index < -0.39 is 9.84 Å². The topological polar surface area (TPSA) is 110 Å². The van der Waals surface area contributed by atoms with E-state index >= 15 is 0 Å². The second-order valence-electron chi connectivity index (χ2n) is 6.61. The summed E-state index contributed by atoms with van der Waals surface area (Å²) in [6.45, 7) is 2.86. The number of piperidine rings is 1. The van der Waals surface area contributed by atoms with Crippen LogP contribution in [0, 0.1) is 6.92 Å². The maximum absolute atomic E-state index is 12.9. The number of sulfone groups is 1. The summed E-state index contributed by atoms with van der Waals surface area (Å²) < 4.78 is 26.1. The number of hydrogen-bond donors (Lipinski definition) is 0. The van der Waals surface area contributed by atoms with Gasteiger partial charge in [0.25, 0.3) is 11.7 Å². The number of likely N-dealkylation sites (tertiary alicyclic amines) is 1. The first-order valence-electron chi connectivity index (χ1n) is 8.44. The van der Waals surface area contributed by atoms with Crippen LogP contribution in [0.5, 0.6) is 0 Å². The molecule has 3 aromatic rings. The predicted octanol–water partition coefficient (Wildman–Crippen LogP) is 1.31. The number of carbonyl (C=O) groups is 1. The summed E-state index contributed by atoms with van der Waals surface area (Å²) >= 11 is 1.32. The van der Waals surface area contributed by atoms with Gasteiger partial charge in [-0.3, -0.25) is 4.79 Å². The second kappa shape index (κ2) is 6.64.